The molecular formula is C28H27FN2O3. The minimum Gasteiger partial charge on any atom is -0.480 e. The fourth-order valence-corrected chi connectivity index (χ4v) is 5.55. The van der Waals surface area contributed by atoms with Gasteiger partial charge in [0.15, 0.2) is 0 Å². The largest absolute Gasteiger partial charge is 0.480 e. The number of aliphatic carboxylic acids is 1. The number of nitrogens with one attached hydrogen (secondary N) is 1. The van der Waals surface area contributed by atoms with Gasteiger partial charge in [-0.3, -0.25) is 9.59 Å². The van der Waals surface area contributed by atoms with E-state index in [9.17, 15) is 19.1 Å². The van der Waals surface area contributed by atoms with E-state index >= 15 is 0 Å². The SMILES string of the molecule is Cc1c(C2CCC(NC(=O)c3cccc4ccccc34)CC2)c2cc(F)ccc2n1CC(=O)O. The first-order chi connectivity index (χ1) is 16.4. The van der Waals surface area contributed by atoms with Gasteiger partial charge in [-0.25, -0.2) is 4.39 Å². The lowest BCUT2D eigenvalue weighted by Gasteiger charge is -2.30. The molecule has 0 atom stereocenters. The second-order valence-corrected chi connectivity index (χ2v) is 9.19. The second-order valence-electron chi connectivity index (χ2n) is 9.19. The Balaban J connectivity index is 1.34. The molecule has 0 aliphatic heterocycles. The number of carbonyl (C=O) groups excluding carboxylic acids is 1. The average molecular weight is 459 g/mol. The van der Waals surface area contributed by atoms with Gasteiger partial charge in [0.1, 0.15) is 12.4 Å². The number of nitrogens with zero attached hydrogens (tertiary/aromatic N) is 1. The van der Waals surface area contributed by atoms with Crippen LogP contribution in [0.5, 0.6) is 0 Å². The third-order valence-electron chi connectivity index (χ3n) is 7.13. The zero-order chi connectivity index (χ0) is 23.8. The van der Waals surface area contributed by atoms with Crippen molar-refractivity contribution in [1.29, 1.82) is 0 Å². The summed E-state index contributed by atoms with van der Waals surface area (Å²) in [5, 5.41) is 15.4. The first-order valence-corrected chi connectivity index (χ1v) is 11.7. The maximum Gasteiger partial charge on any atom is 0.323 e. The maximum absolute atomic E-state index is 14.1. The Morgan fingerprint density at radius 2 is 1.74 bits per heavy atom. The van der Waals surface area contributed by atoms with Crippen LogP contribution in [0.1, 0.15) is 53.2 Å². The molecule has 5 rings (SSSR count). The summed E-state index contributed by atoms with van der Waals surface area (Å²) in [7, 11) is 0. The van der Waals surface area contributed by atoms with Crippen molar-refractivity contribution in [1.82, 2.24) is 9.88 Å². The van der Waals surface area contributed by atoms with Crippen LogP contribution in [0, 0.1) is 12.7 Å². The van der Waals surface area contributed by atoms with E-state index in [1.54, 1.807) is 10.6 Å². The fourth-order valence-electron chi connectivity index (χ4n) is 5.55. The van der Waals surface area contributed by atoms with Gasteiger partial charge in [0.2, 0.25) is 0 Å². The number of fused-ring (bicyclic) bond motifs is 2. The molecular weight excluding hydrogens is 431 g/mol. The molecule has 34 heavy (non-hydrogen) atoms. The number of amides is 1. The topological polar surface area (TPSA) is 71.3 Å². The van der Waals surface area contributed by atoms with E-state index in [1.807, 2.05) is 49.4 Å². The Kier molecular flexibility index (Phi) is 5.82. The lowest BCUT2D eigenvalue weighted by atomic mass is 9.80. The summed E-state index contributed by atoms with van der Waals surface area (Å²) >= 11 is 0. The van der Waals surface area contributed by atoms with Crippen LogP contribution in [0.15, 0.2) is 60.7 Å². The molecule has 1 fully saturated rings. The minimum atomic E-state index is -0.921. The molecule has 1 amide bonds. The quantitative estimate of drug-likeness (QED) is 0.398. The summed E-state index contributed by atoms with van der Waals surface area (Å²) in [5.74, 6) is -1.10. The fraction of sp³-hybridized carbons (Fsp3) is 0.286. The molecule has 0 spiro atoms. The highest BCUT2D eigenvalue weighted by Gasteiger charge is 2.29. The molecule has 174 valence electrons. The maximum atomic E-state index is 14.1. The summed E-state index contributed by atoms with van der Waals surface area (Å²) < 4.78 is 15.9. The lowest BCUT2D eigenvalue weighted by molar-refractivity contribution is -0.137. The average Bonchev–Trinajstić information content (AvgIpc) is 3.09. The molecule has 0 radical (unpaired) electrons. The molecule has 1 saturated carbocycles. The summed E-state index contributed by atoms with van der Waals surface area (Å²) in [4.78, 5) is 24.5. The number of carboxylic acids is 1. The van der Waals surface area contributed by atoms with Crippen molar-refractivity contribution in [3.63, 3.8) is 0 Å². The number of carbonyl (C=O) groups is 2. The predicted octanol–water partition coefficient (Wildman–Crippen LogP) is 5.78. The molecule has 6 heteroatoms. The molecule has 2 N–H and O–H groups in total. The molecule has 1 aromatic heterocycles. The van der Waals surface area contributed by atoms with E-state index in [1.165, 1.54) is 12.1 Å². The standard InChI is InChI=1S/C28H27FN2O3/c1-17-27(24-15-20(29)11-14-25(24)31(17)16-26(32)33)19-9-12-21(13-10-19)30-28(34)23-8-4-6-18-5-2-3-7-22(18)23/h2-8,11,14-15,19,21H,9-10,12-13,16H2,1H3,(H,30,34)(H,32,33). The molecule has 0 bridgehead atoms. The number of halogens is 1. The minimum absolute atomic E-state index is 0.0587. The number of hydrogen-bond acceptors (Lipinski definition) is 2. The Labute approximate surface area is 197 Å². The molecule has 0 unspecified atom stereocenters. The molecule has 0 saturated heterocycles. The van der Waals surface area contributed by atoms with Crippen LogP contribution in [0.2, 0.25) is 0 Å². The highest BCUT2D eigenvalue weighted by molar-refractivity contribution is 6.07. The Morgan fingerprint density at radius 3 is 2.50 bits per heavy atom. The van der Waals surface area contributed by atoms with E-state index in [-0.39, 0.29) is 30.2 Å². The predicted molar refractivity (Wildman–Crippen MR) is 131 cm³/mol. The van der Waals surface area contributed by atoms with E-state index in [2.05, 4.69) is 5.32 Å². The second kappa shape index (κ2) is 8.93. The molecule has 3 aromatic carbocycles. The summed E-state index contributed by atoms with van der Waals surface area (Å²) in [6, 6.07) is 18.3. The van der Waals surface area contributed by atoms with Gasteiger partial charge in [-0.05, 0) is 79.1 Å². The van der Waals surface area contributed by atoms with Crippen LogP contribution in [0.25, 0.3) is 21.7 Å². The number of carboxylic acid groups (broad SMARTS) is 1. The van der Waals surface area contributed by atoms with Crippen LogP contribution < -0.4 is 5.32 Å². The monoisotopic (exact) mass is 458 g/mol. The van der Waals surface area contributed by atoms with Crippen molar-refractivity contribution in [3.05, 3.63) is 83.3 Å². The van der Waals surface area contributed by atoms with Crippen LogP contribution >= 0.6 is 0 Å². The zero-order valence-corrected chi connectivity index (χ0v) is 19.1. The highest BCUT2D eigenvalue weighted by atomic mass is 19.1. The Bertz CT molecular complexity index is 1390. The number of hydrogen-bond donors (Lipinski definition) is 2. The molecule has 4 aromatic rings. The van der Waals surface area contributed by atoms with E-state index in [4.69, 9.17) is 0 Å². The Morgan fingerprint density at radius 1 is 1.00 bits per heavy atom. The summed E-state index contributed by atoms with van der Waals surface area (Å²) in [6.07, 6.45) is 3.34. The zero-order valence-electron chi connectivity index (χ0n) is 19.1. The van der Waals surface area contributed by atoms with Gasteiger partial charge in [0, 0.05) is 28.2 Å². The molecule has 1 heterocycles. The highest BCUT2D eigenvalue weighted by Crippen LogP contribution is 2.40. The normalized spacial score (nSPS) is 18.3. The van der Waals surface area contributed by atoms with Gasteiger partial charge >= 0.3 is 5.97 Å². The third kappa shape index (κ3) is 4.04. The van der Waals surface area contributed by atoms with Crippen molar-refractivity contribution < 1.29 is 19.1 Å². The number of aromatic nitrogens is 1. The van der Waals surface area contributed by atoms with Crippen molar-refractivity contribution in [2.45, 2.75) is 51.1 Å². The smallest absolute Gasteiger partial charge is 0.323 e. The molecule has 5 nitrogen and oxygen atoms in total. The first kappa shape index (κ1) is 22.1. The van der Waals surface area contributed by atoms with Crippen molar-refractivity contribution in [2.75, 3.05) is 0 Å². The van der Waals surface area contributed by atoms with Gasteiger partial charge in [-0.1, -0.05) is 36.4 Å². The summed E-state index contributed by atoms with van der Waals surface area (Å²) in [6.45, 7) is 1.77. The van der Waals surface area contributed by atoms with E-state index in [0.717, 1.165) is 58.6 Å². The van der Waals surface area contributed by atoms with Gasteiger partial charge in [0.05, 0.1) is 0 Å². The summed E-state index contributed by atoms with van der Waals surface area (Å²) in [5.41, 5.74) is 3.35. The van der Waals surface area contributed by atoms with Crippen LogP contribution in [0.3, 0.4) is 0 Å². The number of benzene rings is 3. The van der Waals surface area contributed by atoms with Gasteiger partial charge in [-0.2, -0.15) is 0 Å². The van der Waals surface area contributed by atoms with Gasteiger partial charge in [-0.15, -0.1) is 0 Å². The van der Waals surface area contributed by atoms with E-state index < -0.39 is 5.97 Å². The number of rotatable bonds is 5. The van der Waals surface area contributed by atoms with Crippen molar-refractivity contribution >= 4 is 33.6 Å². The molecule has 1 aliphatic rings. The van der Waals surface area contributed by atoms with Crippen molar-refractivity contribution in [3.8, 4) is 0 Å². The van der Waals surface area contributed by atoms with Crippen LogP contribution in [-0.2, 0) is 11.3 Å². The third-order valence-corrected chi connectivity index (χ3v) is 7.13. The van der Waals surface area contributed by atoms with Crippen LogP contribution in [0.4, 0.5) is 4.39 Å². The van der Waals surface area contributed by atoms with E-state index in [0.29, 0.717) is 5.56 Å². The van der Waals surface area contributed by atoms with Crippen molar-refractivity contribution in [2.24, 2.45) is 0 Å². The van der Waals surface area contributed by atoms with Crippen LogP contribution in [-0.4, -0.2) is 27.6 Å². The lowest BCUT2D eigenvalue weighted by Crippen LogP contribution is -2.37. The van der Waals surface area contributed by atoms with Gasteiger partial charge < -0.3 is 15.0 Å². The first-order valence-electron chi connectivity index (χ1n) is 11.7. The van der Waals surface area contributed by atoms with Gasteiger partial charge in [0.25, 0.3) is 5.91 Å². The molecule has 1 aliphatic carbocycles. The Hall–Kier alpha value is -3.67.